The summed E-state index contributed by atoms with van der Waals surface area (Å²) >= 11 is 0. The fourth-order valence-electron chi connectivity index (χ4n) is 6.04. The van der Waals surface area contributed by atoms with Gasteiger partial charge in [-0.1, -0.05) is 36.4 Å². The number of rotatable bonds is 5. The summed E-state index contributed by atoms with van der Waals surface area (Å²) in [5.41, 5.74) is -4.73. The molecule has 3 atom stereocenters. The van der Waals surface area contributed by atoms with Crippen LogP contribution < -0.4 is 0 Å². The van der Waals surface area contributed by atoms with Gasteiger partial charge >= 0.3 is 0 Å². The molecule has 2 aliphatic heterocycles. The molecule has 1 saturated heterocycles. The second kappa shape index (κ2) is 7.86. The summed E-state index contributed by atoms with van der Waals surface area (Å²) in [6.07, 6.45) is -1.38. The van der Waals surface area contributed by atoms with E-state index in [0.29, 0.717) is 0 Å². The van der Waals surface area contributed by atoms with Gasteiger partial charge in [0.2, 0.25) is 0 Å². The molecule has 0 aromatic heterocycles. The molecule has 2 aromatic carbocycles. The number of Topliss-reactive ketones (excluding diaryl/α,β-unsaturated/α-hetero) is 4. The number of allylic oxidation sites excluding steroid dienone is 2. The third-order valence-electron chi connectivity index (χ3n) is 7.35. The van der Waals surface area contributed by atoms with Crippen molar-refractivity contribution in [3.8, 4) is 0 Å². The highest BCUT2D eigenvalue weighted by molar-refractivity contribution is 6.37. The van der Waals surface area contributed by atoms with Gasteiger partial charge in [-0.2, -0.15) is 0 Å². The first-order valence-electron chi connectivity index (χ1n) is 11.4. The van der Waals surface area contributed by atoms with Crippen LogP contribution in [0.4, 0.5) is 8.78 Å². The van der Waals surface area contributed by atoms with Gasteiger partial charge in [0.15, 0.2) is 34.3 Å². The summed E-state index contributed by atoms with van der Waals surface area (Å²) < 4.78 is 42.9. The Balaban J connectivity index is 1.96. The smallest absolute Gasteiger partial charge is 0.198 e. The van der Waals surface area contributed by atoms with Gasteiger partial charge in [-0.15, -0.1) is 0 Å². The number of hydrogen-bond acceptors (Lipinski definition) is 6. The van der Waals surface area contributed by atoms with Crippen molar-refractivity contribution in [2.45, 2.75) is 45.0 Å². The maximum absolute atomic E-state index is 15.4. The number of ether oxygens (including phenoxy) is 2. The van der Waals surface area contributed by atoms with E-state index in [-0.39, 0.29) is 33.6 Å². The molecular weight excluding hydrogens is 470 g/mol. The number of ketones is 4. The monoisotopic (exact) mass is 492 g/mol. The first-order chi connectivity index (χ1) is 17.0. The minimum atomic E-state index is -2.31. The van der Waals surface area contributed by atoms with Crippen molar-refractivity contribution in [1.82, 2.24) is 0 Å². The fraction of sp³-hybridized carbons (Fsp3) is 0.286. The fourth-order valence-corrected chi connectivity index (χ4v) is 6.04. The summed E-state index contributed by atoms with van der Waals surface area (Å²) in [6.45, 7) is 4.98. The molecule has 0 N–H and O–H groups in total. The standard InChI is InChI=1S/C28H22F2O6/c1-13(31)21-14(2)35-28-23(18-10-6-8-12-20(18)30)22(17-9-5-7-11-19(17)29)24(34)25(28)27(15(3)32,16(4)33)36-26(21)28/h5-12,25-26H,1-4H3/t25-,26+,28+/m1/s1. The summed E-state index contributed by atoms with van der Waals surface area (Å²) in [5.74, 6) is -5.78. The number of hydrogen-bond donors (Lipinski definition) is 0. The first-order valence-corrected chi connectivity index (χ1v) is 11.4. The van der Waals surface area contributed by atoms with E-state index < -0.39 is 58.0 Å². The van der Waals surface area contributed by atoms with E-state index in [1.54, 1.807) is 0 Å². The predicted octanol–water partition coefficient (Wildman–Crippen LogP) is 4.02. The minimum Gasteiger partial charge on any atom is -0.483 e. The number of halogens is 2. The Morgan fingerprint density at radius 2 is 1.39 bits per heavy atom. The molecule has 1 spiro atoms. The second-order valence-corrected chi connectivity index (χ2v) is 9.27. The minimum absolute atomic E-state index is 0.0285. The van der Waals surface area contributed by atoms with Gasteiger partial charge in [0.25, 0.3) is 0 Å². The Labute approximate surface area is 205 Å². The third-order valence-corrected chi connectivity index (χ3v) is 7.35. The van der Waals surface area contributed by atoms with Gasteiger partial charge in [0, 0.05) is 22.3 Å². The zero-order valence-corrected chi connectivity index (χ0v) is 20.0. The van der Waals surface area contributed by atoms with E-state index >= 15 is 8.78 Å². The molecule has 0 saturated carbocycles. The number of benzene rings is 2. The Bertz CT molecular complexity index is 1440. The van der Waals surface area contributed by atoms with Crippen LogP contribution in [0.1, 0.15) is 38.8 Å². The second-order valence-electron chi connectivity index (χ2n) is 9.27. The lowest BCUT2D eigenvalue weighted by Gasteiger charge is -2.33. The Kier molecular flexibility index (Phi) is 5.23. The molecule has 5 rings (SSSR count). The maximum atomic E-state index is 15.4. The molecule has 184 valence electrons. The van der Waals surface area contributed by atoms with Crippen LogP contribution in [0.3, 0.4) is 0 Å². The van der Waals surface area contributed by atoms with E-state index in [9.17, 15) is 19.2 Å². The molecule has 8 heteroatoms. The Morgan fingerprint density at radius 1 is 0.861 bits per heavy atom. The maximum Gasteiger partial charge on any atom is 0.198 e. The van der Waals surface area contributed by atoms with E-state index in [1.807, 2.05) is 0 Å². The molecule has 36 heavy (non-hydrogen) atoms. The van der Waals surface area contributed by atoms with Gasteiger partial charge in [0.05, 0.1) is 5.57 Å². The van der Waals surface area contributed by atoms with E-state index in [0.717, 1.165) is 19.9 Å². The lowest BCUT2D eigenvalue weighted by atomic mass is 9.70. The van der Waals surface area contributed by atoms with Crippen molar-refractivity contribution in [2.75, 3.05) is 0 Å². The van der Waals surface area contributed by atoms with Crippen LogP contribution in [0.15, 0.2) is 59.9 Å². The molecule has 0 unspecified atom stereocenters. The molecule has 0 radical (unpaired) electrons. The van der Waals surface area contributed by atoms with Gasteiger partial charge in [-0.05, 0) is 39.8 Å². The average molecular weight is 492 g/mol. The quantitative estimate of drug-likeness (QED) is 0.586. The van der Waals surface area contributed by atoms with Crippen LogP contribution in [0, 0.1) is 17.6 Å². The number of carbonyl (C=O) groups is 4. The Hall–Kier alpha value is -3.78. The third kappa shape index (κ3) is 2.79. The molecule has 0 bridgehead atoms. The molecule has 6 nitrogen and oxygen atoms in total. The van der Waals surface area contributed by atoms with Crippen LogP contribution >= 0.6 is 0 Å². The molecule has 1 fully saturated rings. The van der Waals surface area contributed by atoms with Gasteiger partial charge in [-0.3, -0.25) is 19.2 Å². The van der Waals surface area contributed by atoms with Crippen LogP contribution in [0.2, 0.25) is 0 Å². The van der Waals surface area contributed by atoms with Crippen molar-refractivity contribution in [1.29, 1.82) is 0 Å². The van der Waals surface area contributed by atoms with Crippen LogP contribution in [0.5, 0.6) is 0 Å². The van der Waals surface area contributed by atoms with Crippen molar-refractivity contribution >= 4 is 34.3 Å². The van der Waals surface area contributed by atoms with Gasteiger partial charge < -0.3 is 9.47 Å². The molecule has 2 heterocycles. The zero-order chi connectivity index (χ0) is 26.2. The van der Waals surface area contributed by atoms with Gasteiger partial charge in [-0.25, -0.2) is 8.78 Å². The highest BCUT2D eigenvalue weighted by atomic mass is 19.1. The average Bonchev–Trinajstić information content (AvgIpc) is 3.34. The molecule has 1 aliphatic carbocycles. The van der Waals surface area contributed by atoms with E-state index in [4.69, 9.17) is 9.47 Å². The summed E-state index contributed by atoms with van der Waals surface area (Å²) in [7, 11) is 0. The molecule has 2 aromatic rings. The molecule has 3 aliphatic rings. The Morgan fingerprint density at radius 3 is 1.89 bits per heavy atom. The van der Waals surface area contributed by atoms with E-state index in [2.05, 4.69) is 0 Å². The summed E-state index contributed by atoms with van der Waals surface area (Å²) in [6, 6.07) is 11.0. The van der Waals surface area contributed by atoms with Crippen LogP contribution in [-0.2, 0) is 28.7 Å². The zero-order valence-electron chi connectivity index (χ0n) is 20.0. The van der Waals surface area contributed by atoms with Crippen LogP contribution in [-0.4, -0.2) is 40.4 Å². The topological polar surface area (TPSA) is 86.7 Å². The van der Waals surface area contributed by atoms with Crippen molar-refractivity contribution in [3.63, 3.8) is 0 Å². The molecule has 0 amide bonds. The predicted molar refractivity (Wildman–Crippen MR) is 124 cm³/mol. The molecular formula is C28H22F2O6. The lowest BCUT2D eigenvalue weighted by Crippen LogP contribution is -2.55. The van der Waals surface area contributed by atoms with Gasteiger partial charge in [0.1, 0.15) is 29.4 Å². The SMILES string of the molecule is CC(=O)C1=C(C)O[C@@]23C(c4ccccc4F)=C(c4ccccc4F)C(=O)[C@@H]2C(C(C)=O)(C(C)=O)O[C@@H]13. The lowest BCUT2D eigenvalue weighted by molar-refractivity contribution is -0.159. The van der Waals surface area contributed by atoms with Crippen LogP contribution in [0.25, 0.3) is 11.1 Å². The highest BCUT2D eigenvalue weighted by Crippen LogP contribution is 2.65. The first kappa shape index (κ1) is 23.9. The van der Waals surface area contributed by atoms with E-state index in [1.165, 1.54) is 56.3 Å². The largest absolute Gasteiger partial charge is 0.483 e. The van der Waals surface area contributed by atoms with Crippen molar-refractivity contribution in [3.05, 3.63) is 82.6 Å². The summed E-state index contributed by atoms with van der Waals surface area (Å²) in [5, 5.41) is 0. The number of carbonyl (C=O) groups excluding carboxylic acids is 4. The highest BCUT2D eigenvalue weighted by Gasteiger charge is 2.79. The normalized spacial score (nSPS) is 26.1. The van der Waals surface area contributed by atoms with Crippen molar-refractivity contribution in [2.24, 2.45) is 5.92 Å². The summed E-state index contributed by atoms with van der Waals surface area (Å²) in [4.78, 5) is 53.1. The van der Waals surface area contributed by atoms with Crippen molar-refractivity contribution < 1.29 is 37.4 Å².